The van der Waals surface area contributed by atoms with Crippen molar-refractivity contribution in [1.82, 2.24) is 0 Å². The number of carboxylic acids is 1. The van der Waals surface area contributed by atoms with Crippen LogP contribution in [0, 0.1) is 5.82 Å². The smallest absolute Gasteiger partial charge is 0.337 e. The number of hydrogen-bond donors (Lipinski definition) is 1. The zero-order chi connectivity index (χ0) is 10.7. The van der Waals surface area contributed by atoms with Crippen LogP contribution in [0.5, 0.6) is 0 Å². The average molecular weight is 260 g/mol. The molecule has 0 amide bonds. The molecule has 0 aliphatic rings. The van der Waals surface area contributed by atoms with Crippen LogP contribution >= 0.6 is 15.9 Å². The number of rotatable bonds is 2. The molecular weight excluding hydrogens is 257 g/mol. The lowest BCUT2D eigenvalue weighted by molar-refractivity contribution is 0.0696. The molecule has 0 radical (unpaired) electrons. The Bertz CT molecular complexity index is 416. The first-order chi connectivity index (χ1) is 6.57. The van der Waals surface area contributed by atoms with Crippen molar-refractivity contribution in [1.29, 1.82) is 0 Å². The molecular formula is C7H3BrFN3O2. The van der Waals surface area contributed by atoms with Gasteiger partial charge < -0.3 is 5.11 Å². The third-order valence-corrected chi connectivity index (χ3v) is 2.10. The van der Waals surface area contributed by atoms with E-state index in [1.807, 2.05) is 0 Å². The van der Waals surface area contributed by atoms with E-state index in [0.717, 1.165) is 6.07 Å². The maximum Gasteiger partial charge on any atom is 0.337 e. The molecule has 7 heteroatoms. The number of aromatic carboxylic acids is 1. The number of carbonyl (C=O) groups is 1. The lowest BCUT2D eigenvalue weighted by Crippen LogP contribution is -1.99. The summed E-state index contributed by atoms with van der Waals surface area (Å²) in [5.74, 6) is -2.23. The van der Waals surface area contributed by atoms with E-state index >= 15 is 0 Å². The Balaban J connectivity index is 3.57. The summed E-state index contributed by atoms with van der Waals surface area (Å²) in [4.78, 5) is 13.0. The van der Waals surface area contributed by atoms with Gasteiger partial charge in [-0.2, -0.15) is 0 Å². The van der Waals surface area contributed by atoms with Gasteiger partial charge in [0.05, 0.1) is 11.3 Å². The van der Waals surface area contributed by atoms with Crippen molar-refractivity contribution in [3.63, 3.8) is 0 Å². The first-order valence-corrected chi connectivity index (χ1v) is 4.13. The van der Waals surface area contributed by atoms with Crippen LogP contribution in [-0.2, 0) is 0 Å². The second-order valence-electron chi connectivity index (χ2n) is 2.25. The number of nitrogens with zero attached hydrogens (tertiary/aromatic N) is 3. The maximum atomic E-state index is 13.0. The fourth-order valence-electron chi connectivity index (χ4n) is 0.887. The first-order valence-electron chi connectivity index (χ1n) is 3.34. The van der Waals surface area contributed by atoms with Crippen molar-refractivity contribution >= 4 is 27.6 Å². The molecule has 0 aliphatic heterocycles. The van der Waals surface area contributed by atoms with Crippen molar-refractivity contribution in [3.8, 4) is 0 Å². The van der Waals surface area contributed by atoms with E-state index < -0.39 is 17.5 Å². The molecule has 0 saturated carbocycles. The number of carboxylic acid groups (broad SMARTS) is 1. The molecule has 1 N–H and O–H groups in total. The fourth-order valence-corrected chi connectivity index (χ4v) is 1.38. The minimum absolute atomic E-state index is 0.161. The van der Waals surface area contributed by atoms with Crippen LogP contribution in [0.4, 0.5) is 10.1 Å². The summed E-state index contributed by atoms with van der Waals surface area (Å²) in [6, 6.07) is 2.25. The molecule has 0 saturated heterocycles. The van der Waals surface area contributed by atoms with Gasteiger partial charge in [-0.25, -0.2) is 9.18 Å². The van der Waals surface area contributed by atoms with Crippen LogP contribution in [0.2, 0.25) is 0 Å². The molecule has 5 nitrogen and oxygen atoms in total. The minimum Gasteiger partial charge on any atom is -0.478 e. The Morgan fingerprint density at radius 1 is 1.64 bits per heavy atom. The normalized spacial score (nSPS) is 9.29. The van der Waals surface area contributed by atoms with Gasteiger partial charge in [0, 0.05) is 9.38 Å². The molecule has 0 aromatic heterocycles. The summed E-state index contributed by atoms with van der Waals surface area (Å²) in [5.41, 5.74) is 7.22. The third-order valence-electron chi connectivity index (χ3n) is 1.44. The highest BCUT2D eigenvalue weighted by molar-refractivity contribution is 9.10. The lowest BCUT2D eigenvalue weighted by atomic mass is 10.2. The largest absolute Gasteiger partial charge is 0.478 e. The molecule has 0 atom stereocenters. The van der Waals surface area contributed by atoms with Crippen molar-refractivity contribution in [2.75, 3.05) is 0 Å². The van der Waals surface area contributed by atoms with Crippen LogP contribution in [0.25, 0.3) is 10.4 Å². The summed E-state index contributed by atoms with van der Waals surface area (Å²) in [6.07, 6.45) is 0. The fraction of sp³-hybridized carbons (Fsp3) is 0. The standard InChI is InChI=1S/C7H3BrFN3O2/c8-3-1-2-4(9)6(11-12-10)5(3)7(13)14/h1-2H,(H,13,14). The van der Waals surface area contributed by atoms with Gasteiger partial charge in [0.2, 0.25) is 0 Å². The highest BCUT2D eigenvalue weighted by Gasteiger charge is 2.16. The molecule has 1 aromatic carbocycles. The predicted octanol–water partition coefficient (Wildman–Crippen LogP) is 3.23. The molecule has 0 heterocycles. The number of hydrogen-bond acceptors (Lipinski definition) is 2. The van der Waals surface area contributed by atoms with Crippen molar-refractivity contribution in [2.45, 2.75) is 0 Å². The second-order valence-corrected chi connectivity index (χ2v) is 3.10. The zero-order valence-corrected chi connectivity index (χ0v) is 8.19. The number of halogens is 2. The molecule has 1 aromatic rings. The van der Waals surface area contributed by atoms with Crippen molar-refractivity contribution < 1.29 is 14.3 Å². The van der Waals surface area contributed by atoms with E-state index in [1.54, 1.807) is 0 Å². The first kappa shape index (κ1) is 10.5. The summed E-state index contributed by atoms with van der Waals surface area (Å²) in [5, 5.41) is 11.7. The average Bonchev–Trinajstić information content (AvgIpc) is 2.11. The quantitative estimate of drug-likeness (QED) is 0.502. The van der Waals surface area contributed by atoms with Gasteiger partial charge in [-0.15, -0.1) is 0 Å². The monoisotopic (exact) mass is 259 g/mol. The van der Waals surface area contributed by atoms with Crippen LogP contribution < -0.4 is 0 Å². The van der Waals surface area contributed by atoms with Gasteiger partial charge in [-0.1, -0.05) is 5.11 Å². The van der Waals surface area contributed by atoms with Crippen LogP contribution in [0.1, 0.15) is 10.4 Å². The topological polar surface area (TPSA) is 86.1 Å². The molecule has 1 rings (SSSR count). The van der Waals surface area contributed by atoms with E-state index in [9.17, 15) is 9.18 Å². The maximum absolute atomic E-state index is 13.0. The van der Waals surface area contributed by atoms with E-state index in [0.29, 0.717) is 0 Å². The zero-order valence-electron chi connectivity index (χ0n) is 6.61. The van der Waals surface area contributed by atoms with Crippen LogP contribution in [0.15, 0.2) is 21.7 Å². The van der Waals surface area contributed by atoms with E-state index in [4.69, 9.17) is 10.6 Å². The van der Waals surface area contributed by atoms with Gasteiger partial charge in [0.1, 0.15) is 5.82 Å². The van der Waals surface area contributed by atoms with Crippen molar-refractivity contribution in [3.05, 3.63) is 38.4 Å². The van der Waals surface area contributed by atoms with Gasteiger partial charge in [0.25, 0.3) is 0 Å². The Hall–Kier alpha value is -1.59. The highest BCUT2D eigenvalue weighted by Crippen LogP contribution is 2.30. The van der Waals surface area contributed by atoms with Crippen LogP contribution in [0.3, 0.4) is 0 Å². The molecule has 0 spiro atoms. The molecule has 0 fully saturated rings. The second kappa shape index (κ2) is 4.08. The Kier molecular flexibility index (Phi) is 3.06. The Morgan fingerprint density at radius 2 is 2.29 bits per heavy atom. The molecule has 0 unspecified atom stereocenters. The predicted molar refractivity (Wildman–Crippen MR) is 49.9 cm³/mol. The van der Waals surface area contributed by atoms with E-state index in [2.05, 4.69) is 26.0 Å². The Labute approximate surface area is 85.9 Å². The third kappa shape index (κ3) is 1.84. The number of benzene rings is 1. The van der Waals surface area contributed by atoms with Gasteiger partial charge in [-0.05, 0) is 33.6 Å². The van der Waals surface area contributed by atoms with Gasteiger partial charge >= 0.3 is 5.97 Å². The van der Waals surface area contributed by atoms with Crippen LogP contribution in [-0.4, -0.2) is 11.1 Å². The van der Waals surface area contributed by atoms with Gasteiger partial charge in [0.15, 0.2) is 0 Å². The highest BCUT2D eigenvalue weighted by atomic mass is 79.9. The summed E-state index contributed by atoms with van der Waals surface area (Å²) < 4.78 is 13.2. The number of azide groups is 1. The lowest BCUT2D eigenvalue weighted by Gasteiger charge is -2.03. The molecule has 72 valence electrons. The molecule has 0 bridgehead atoms. The van der Waals surface area contributed by atoms with Crippen molar-refractivity contribution in [2.24, 2.45) is 5.11 Å². The summed E-state index contributed by atoms with van der Waals surface area (Å²) >= 11 is 2.92. The molecule has 14 heavy (non-hydrogen) atoms. The SMILES string of the molecule is [N-]=[N+]=Nc1c(F)ccc(Br)c1C(=O)O. The summed E-state index contributed by atoms with van der Waals surface area (Å²) in [6.45, 7) is 0. The Morgan fingerprint density at radius 3 is 2.79 bits per heavy atom. The van der Waals surface area contributed by atoms with Gasteiger partial charge in [-0.3, -0.25) is 0 Å². The summed E-state index contributed by atoms with van der Waals surface area (Å²) in [7, 11) is 0. The minimum atomic E-state index is -1.36. The molecule has 0 aliphatic carbocycles. The van der Waals surface area contributed by atoms with E-state index in [-0.39, 0.29) is 10.0 Å². The van der Waals surface area contributed by atoms with E-state index in [1.165, 1.54) is 6.07 Å².